The number of aromatic nitrogens is 1. The maximum Gasteiger partial charge on any atom is 0.338 e. The fourth-order valence-corrected chi connectivity index (χ4v) is 2.28. The van der Waals surface area contributed by atoms with Crippen LogP contribution in [0.5, 0.6) is 0 Å². The molecule has 0 bridgehead atoms. The maximum absolute atomic E-state index is 12.4. The highest BCUT2D eigenvalue weighted by Gasteiger charge is 2.18. The monoisotopic (exact) mass is 286 g/mol. The molecule has 5 nitrogen and oxygen atoms in total. The minimum absolute atomic E-state index is 0.119. The second-order valence-corrected chi connectivity index (χ2v) is 5.15. The van der Waals surface area contributed by atoms with Crippen molar-refractivity contribution in [3.8, 4) is 0 Å². The fourth-order valence-electron chi connectivity index (χ4n) is 2.28. The van der Waals surface area contributed by atoms with Gasteiger partial charge in [0.05, 0.1) is 11.3 Å². The van der Waals surface area contributed by atoms with E-state index in [1.54, 1.807) is 37.3 Å². The van der Waals surface area contributed by atoms with Crippen molar-refractivity contribution >= 4 is 17.6 Å². The number of carboxylic acids is 1. The molecule has 0 aliphatic rings. The first-order chi connectivity index (χ1) is 9.91. The predicted molar refractivity (Wildman–Crippen MR) is 80.9 cm³/mol. The van der Waals surface area contributed by atoms with Gasteiger partial charge in [0.1, 0.15) is 5.69 Å². The topological polar surface area (TPSA) is 71.3 Å². The van der Waals surface area contributed by atoms with Gasteiger partial charge in [-0.05, 0) is 44.5 Å². The van der Waals surface area contributed by atoms with E-state index in [4.69, 9.17) is 0 Å². The average molecular weight is 286 g/mol. The molecule has 0 fully saturated rings. The third-order valence-electron chi connectivity index (χ3n) is 3.30. The lowest BCUT2D eigenvalue weighted by molar-refractivity contribution is 0.0697. The van der Waals surface area contributed by atoms with E-state index in [1.165, 1.54) is 0 Å². The Morgan fingerprint density at radius 1 is 1.19 bits per heavy atom. The van der Waals surface area contributed by atoms with E-state index < -0.39 is 5.97 Å². The van der Waals surface area contributed by atoms with Crippen LogP contribution < -0.4 is 5.32 Å². The van der Waals surface area contributed by atoms with Crippen molar-refractivity contribution in [1.29, 1.82) is 0 Å². The SMILES string of the molecule is Cc1cccc(NC(=O)c2cccn2C(C)C)c1C(=O)O. The molecule has 0 unspecified atom stereocenters. The van der Waals surface area contributed by atoms with Crippen LogP contribution >= 0.6 is 0 Å². The Bertz CT molecular complexity index is 687. The lowest BCUT2D eigenvalue weighted by Gasteiger charge is -2.14. The van der Waals surface area contributed by atoms with Crippen LogP contribution in [0.3, 0.4) is 0 Å². The Kier molecular flexibility index (Phi) is 4.12. The molecule has 0 radical (unpaired) electrons. The number of carboxylic acid groups (broad SMARTS) is 1. The number of anilines is 1. The van der Waals surface area contributed by atoms with E-state index in [9.17, 15) is 14.7 Å². The molecule has 1 aromatic carbocycles. The number of carbonyl (C=O) groups is 2. The van der Waals surface area contributed by atoms with Crippen molar-refractivity contribution in [1.82, 2.24) is 4.57 Å². The van der Waals surface area contributed by atoms with Crippen molar-refractivity contribution < 1.29 is 14.7 Å². The molecular weight excluding hydrogens is 268 g/mol. The van der Waals surface area contributed by atoms with Gasteiger partial charge in [0, 0.05) is 12.2 Å². The van der Waals surface area contributed by atoms with E-state index in [0.29, 0.717) is 16.9 Å². The summed E-state index contributed by atoms with van der Waals surface area (Å²) in [6.45, 7) is 5.66. The molecule has 0 atom stereocenters. The van der Waals surface area contributed by atoms with E-state index in [0.717, 1.165) is 0 Å². The molecule has 2 rings (SSSR count). The van der Waals surface area contributed by atoms with Crippen LogP contribution in [0.1, 0.15) is 46.3 Å². The number of amides is 1. The summed E-state index contributed by atoms with van der Waals surface area (Å²) in [5.41, 5.74) is 1.54. The summed E-state index contributed by atoms with van der Waals surface area (Å²) in [5, 5.41) is 12.0. The lowest BCUT2D eigenvalue weighted by Crippen LogP contribution is -2.19. The minimum atomic E-state index is -1.05. The van der Waals surface area contributed by atoms with Gasteiger partial charge in [-0.3, -0.25) is 4.79 Å². The number of aromatic carboxylic acids is 1. The zero-order valence-electron chi connectivity index (χ0n) is 12.3. The van der Waals surface area contributed by atoms with Gasteiger partial charge in [0.2, 0.25) is 0 Å². The number of aryl methyl sites for hydroxylation is 1. The van der Waals surface area contributed by atoms with E-state index in [2.05, 4.69) is 5.32 Å². The molecule has 0 saturated heterocycles. The maximum atomic E-state index is 12.4. The summed E-state index contributed by atoms with van der Waals surface area (Å²) in [4.78, 5) is 23.7. The molecule has 1 aromatic heterocycles. The normalized spacial score (nSPS) is 10.7. The first-order valence-corrected chi connectivity index (χ1v) is 6.73. The Balaban J connectivity index is 2.34. The van der Waals surface area contributed by atoms with Gasteiger partial charge in [0.15, 0.2) is 0 Å². The van der Waals surface area contributed by atoms with Crippen LogP contribution in [-0.2, 0) is 0 Å². The lowest BCUT2D eigenvalue weighted by atomic mass is 10.1. The number of benzene rings is 1. The minimum Gasteiger partial charge on any atom is -0.478 e. The van der Waals surface area contributed by atoms with Crippen molar-refractivity contribution in [3.05, 3.63) is 53.3 Å². The van der Waals surface area contributed by atoms with Crippen LogP contribution in [0, 0.1) is 6.92 Å². The highest BCUT2D eigenvalue weighted by molar-refractivity contribution is 6.07. The molecular formula is C16H18N2O3. The van der Waals surface area contributed by atoms with Crippen LogP contribution in [0.15, 0.2) is 36.5 Å². The number of carbonyl (C=O) groups excluding carboxylic acids is 1. The largest absolute Gasteiger partial charge is 0.478 e. The Labute approximate surface area is 123 Å². The first kappa shape index (κ1) is 14.8. The summed E-state index contributed by atoms with van der Waals surface area (Å²) in [6.07, 6.45) is 1.83. The van der Waals surface area contributed by atoms with Crippen LogP contribution in [-0.4, -0.2) is 21.6 Å². The molecule has 2 N–H and O–H groups in total. The van der Waals surface area contributed by atoms with Gasteiger partial charge in [0.25, 0.3) is 5.91 Å². The third-order valence-corrected chi connectivity index (χ3v) is 3.30. The van der Waals surface area contributed by atoms with Gasteiger partial charge < -0.3 is 15.0 Å². The van der Waals surface area contributed by atoms with Gasteiger partial charge in [-0.15, -0.1) is 0 Å². The quantitative estimate of drug-likeness (QED) is 0.905. The van der Waals surface area contributed by atoms with Gasteiger partial charge in [-0.1, -0.05) is 12.1 Å². The zero-order chi connectivity index (χ0) is 15.6. The van der Waals surface area contributed by atoms with Crippen LogP contribution in [0.25, 0.3) is 0 Å². The molecule has 0 saturated carbocycles. The molecule has 2 aromatic rings. The highest BCUT2D eigenvalue weighted by atomic mass is 16.4. The summed E-state index contributed by atoms with van der Waals surface area (Å²) in [5.74, 6) is -1.37. The number of hydrogen-bond acceptors (Lipinski definition) is 2. The second kappa shape index (κ2) is 5.83. The molecule has 0 aliphatic heterocycles. The number of nitrogens with zero attached hydrogens (tertiary/aromatic N) is 1. The summed E-state index contributed by atoms with van der Waals surface area (Å²) < 4.78 is 1.84. The molecule has 1 amide bonds. The summed E-state index contributed by atoms with van der Waals surface area (Å²) in [6, 6.07) is 8.68. The van der Waals surface area contributed by atoms with Crippen molar-refractivity contribution in [3.63, 3.8) is 0 Å². The smallest absolute Gasteiger partial charge is 0.338 e. The van der Waals surface area contributed by atoms with Crippen LogP contribution in [0.2, 0.25) is 0 Å². The Morgan fingerprint density at radius 2 is 1.90 bits per heavy atom. The average Bonchev–Trinajstić information content (AvgIpc) is 2.87. The molecule has 1 heterocycles. The van der Waals surface area contributed by atoms with Gasteiger partial charge in [-0.2, -0.15) is 0 Å². The highest BCUT2D eigenvalue weighted by Crippen LogP contribution is 2.21. The van der Waals surface area contributed by atoms with E-state index in [-0.39, 0.29) is 17.5 Å². The number of rotatable bonds is 4. The Hall–Kier alpha value is -2.56. The number of hydrogen-bond donors (Lipinski definition) is 2. The van der Waals surface area contributed by atoms with Crippen LogP contribution in [0.4, 0.5) is 5.69 Å². The third kappa shape index (κ3) is 2.97. The summed E-state index contributed by atoms with van der Waals surface area (Å²) >= 11 is 0. The molecule has 0 aliphatic carbocycles. The molecule has 110 valence electrons. The predicted octanol–water partition coefficient (Wildman–Crippen LogP) is 3.33. The first-order valence-electron chi connectivity index (χ1n) is 6.73. The van der Waals surface area contributed by atoms with Crippen molar-refractivity contribution in [2.45, 2.75) is 26.8 Å². The molecule has 21 heavy (non-hydrogen) atoms. The molecule has 5 heteroatoms. The standard InChI is InChI=1S/C16H18N2O3/c1-10(2)18-9-5-8-13(18)15(19)17-12-7-4-6-11(3)14(12)16(20)21/h4-10H,1-3H3,(H,17,19)(H,20,21). The fraction of sp³-hybridized carbons (Fsp3) is 0.250. The summed E-state index contributed by atoms with van der Waals surface area (Å²) in [7, 11) is 0. The van der Waals surface area contributed by atoms with Crippen molar-refractivity contribution in [2.75, 3.05) is 5.32 Å². The van der Waals surface area contributed by atoms with E-state index >= 15 is 0 Å². The van der Waals surface area contributed by atoms with Gasteiger partial charge >= 0.3 is 5.97 Å². The second-order valence-electron chi connectivity index (χ2n) is 5.15. The van der Waals surface area contributed by atoms with Crippen molar-refractivity contribution in [2.24, 2.45) is 0 Å². The molecule has 0 spiro atoms. The zero-order valence-corrected chi connectivity index (χ0v) is 12.3. The van der Waals surface area contributed by atoms with E-state index in [1.807, 2.05) is 24.6 Å². The van der Waals surface area contributed by atoms with Gasteiger partial charge in [-0.25, -0.2) is 4.79 Å². The Morgan fingerprint density at radius 3 is 2.52 bits per heavy atom. The number of nitrogens with one attached hydrogen (secondary N) is 1.